The molecule has 1 nitrogen and oxygen atoms in total. The van der Waals surface area contributed by atoms with Gasteiger partial charge < -0.3 is 22.4 Å². The Morgan fingerprint density at radius 3 is 2.09 bits per heavy atom. The van der Waals surface area contributed by atoms with E-state index >= 15 is 0 Å². The highest BCUT2D eigenvalue weighted by Crippen LogP contribution is 2.27. The third kappa shape index (κ3) is 7.61. The molecule has 0 saturated carbocycles. The van der Waals surface area contributed by atoms with E-state index in [1.807, 2.05) is 18.2 Å². The van der Waals surface area contributed by atoms with Gasteiger partial charge in [0.15, 0.2) is 4.90 Å². The molecule has 2 aromatic rings. The van der Waals surface area contributed by atoms with Crippen LogP contribution in [0.15, 0.2) is 53.4 Å². The van der Waals surface area contributed by atoms with Gasteiger partial charge in [0.2, 0.25) is 0 Å². The molecule has 0 aromatic heterocycles. The molecule has 0 saturated heterocycles. The standard InChI is InChI=1S/C14H13ClOS.BF4/c1-17(10-11-5-3-2-4-6-11)12-7-8-14(16)13(15)9-12;2-1(3,4)5/h2-9H,10H2,1H3;/q;-1/p+1. The molecule has 1 N–H and O–H groups in total. The second-order valence-corrected chi connectivity index (χ2v) is 6.82. The van der Waals surface area contributed by atoms with E-state index in [4.69, 9.17) is 11.6 Å². The van der Waals surface area contributed by atoms with E-state index < -0.39 is 7.25 Å². The van der Waals surface area contributed by atoms with Crippen LogP contribution in [0.1, 0.15) is 5.56 Å². The number of phenolic OH excluding ortho intramolecular Hbond substituents is 1. The fourth-order valence-electron chi connectivity index (χ4n) is 1.61. The minimum atomic E-state index is -6.00. The monoisotopic (exact) mass is 352 g/mol. The summed E-state index contributed by atoms with van der Waals surface area (Å²) in [4.78, 5) is 1.18. The Balaban J connectivity index is 0.000000422. The highest BCUT2D eigenvalue weighted by atomic mass is 35.5. The molecule has 1 atom stereocenters. The smallest absolute Gasteiger partial charge is 0.506 e. The largest absolute Gasteiger partial charge is 0.673 e. The Kier molecular flexibility index (Phi) is 7.09. The van der Waals surface area contributed by atoms with Crippen LogP contribution in [0.3, 0.4) is 0 Å². The van der Waals surface area contributed by atoms with Gasteiger partial charge in [0.1, 0.15) is 17.8 Å². The highest BCUT2D eigenvalue weighted by Gasteiger charge is 2.20. The topological polar surface area (TPSA) is 20.2 Å². The average molecular weight is 353 g/mol. The molecule has 0 bridgehead atoms. The van der Waals surface area contributed by atoms with E-state index in [0.29, 0.717) is 5.02 Å². The molecule has 0 aliphatic heterocycles. The molecule has 120 valence electrons. The molecular formula is C14H14BClF4OS. The lowest BCUT2D eigenvalue weighted by Crippen LogP contribution is -2.03. The molecule has 0 radical (unpaired) electrons. The molecule has 0 aliphatic rings. The number of hydrogen-bond acceptors (Lipinski definition) is 1. The number of halogens is 5. The van der Waals surface area contributed by atoms with Crippen molar-refractivity contribution in [3.05, 3.63) is 59.1 Å². The van der Waals surface area contributed by atoms with E-state index in [1.165, 1.54) is 10.5 Å². The zero-order valence-electron chi connectivity index (χ0n) is 11.6. The Morgan fingerprint density at radius 2 is 1.59 bits per heavy atom. The molecule has 8 heteroatoms. The summed E-state index contributed by atoms with van der Waals surface area (Å²) in [7, 11) is -5.90. The fraction of sp³-hybridized carbons (Fsp3) is 0.143. The summed E-state index contributed by atoms with van der Waals surface area (Å²) in [5, 5.41) is 9.81. The van der Waals surface area contributed by atoms with Gasteiger partial charge in [-0.2, -0.15) is 0 Å². The summed E-state index contributed by atoms with van der Waals surface area (Å²) < 4.78 is 39.0. The van der Waals surface area contributed by atoms with Crippen molar-refractivity contribution < 1.29 is 22.4 Å². The predicted molar refractivity (Wildman–Crippen MR) is 85.0 cm³/mol. The van der Waals surface area contributed by atoms with Crippen molar-refractivity contribution in [2.75, 3.05) is 6.26 Å². The molecule has 1 unspecified atom stereocenters. The quantitative estimate of drug-likeness (QED) is 0.460. The van der Waals surface area contributed by atoms with Gasteiger partial charge >= 0.3 is 7.25 Å². The lowest BCUT2D eigenvalue weighted by molar-refractivity contribution is 0.368. The van der Waals surface area contributed by atoms with Crippen LogP contribution in [0.5, 0.6) is 5.75 Å². The number of hydrogen-bond donors (Lipinski definition) is 1. The first-order valence-electron chi connectivity index (χ1n) is 6.19. The van der Waals surface area contributed by atoms with Crippen molar-refractivity contribution in [1.29, 1.82) is 0 Å². The van der Waals surface area contributed by atoms with Crippen LogP contribution >= 0.6 is 11.6 Å². The summed E-state index contributed by atoms with van der Waals surface area (Å²) in [6.07, 6.45) is 2.19. The number of rotatable bonds is 3. The lowest BCUT2D eigenvalue weighted by atomic mass is 10.2. The Morgan fingerprint density at radius 1 is 1.05 bits per heavy atom. The third-order valence-electron chi connectivity index (χ3n) is 2.55. The van der Waals surface area contributed by atoms with E-state index in [2.05, 4.69) is 30.5 Å². The summed E-state index contributed by atoms with van der Waals surface area (Å²) in [6.45, 7) is 0. The van der Waals surface area contributed by atoms with Gasteiger partial charge in [-0.05, 0) is 12.1 Å². The second kappa shape index (κ2) is 8.34. The van der Waals surface area contributed by atoms with Gasteiger partial charge in [-0.1, -0.05) is 41.9 Å². The Hall–Kier alpha value is -1.34. The Labute approximate surface area is 134 Å². The molecule has 0 aliphatic carbocycles. The van der Waals surface area contributed by atoms with Crippen LogP contribution < -0.4 is 0 Å². The number of phenols is 1. The van der Waals surface area contributed by atoms with Crippen LogP contribution in [-0.4, -0.2) is 18.6 Å². The SMILES string of the molecule is C[S+](Cc1ccccc1)c1ccc(O)c(Cl)c1.F[B-](F)(F)F. The molecule has 0 amide bonds. The molecule has 22 heavy (non-hydrogen) atoms. The lowest BCUT2D eigenvalue weighted by Gasteiger charge is -2.04. The van der Waals surface area contributed by atoms with Gasteiger partial charge in [-0.15, -0.1) is 0 Å². The van der Waals surface area contributed by atoms with Gasteiger partial charge in [-0.3, -0.25) is 0 Å². The summed E-state index contributed by atoms with van der Waals surface area (Å²) in [5.74, 6) is 1.15. The maximum Gasteiger partial charge on any atom is 0.673 e. The normalized spacial score (nSPS) is 12.3. The number of benzene rings is 2. The van der Waals surface area contributed by atoms with Crippen molar-refractivity contribution in [3.63, 3.8) is 0 Å². The fourth-order valence-corrected chi connectivity index (χ4v) is 3.34. The molecule has 2 rings (SSSR count). The molecule has 0 fully saturated rings. The van der Waals surface area contributed by atoms with E-state index in [1.54, 1.807) is 6.07 Å². The third-order valence-corrected chi connectivity index (χ3v) is 4.68. The van der Waals surface area contributed by atoms with Gasteiger partial charge in [0, 0.05) is 22.5 Å². The average Bonchev–Trinajstić information content (AvgIpc) is 2.41. The van der Waals surface area contributed by atoms with Crippen LogP contribution in [-0.2, 0) is 16.6 Å². The molecular weight excluding hydrogens is 338 g/mol. The first-order valence-corrected chi connectivity index (χ1v) is 8.37. The van der Waals surface area contributed by atoms with Crippen LogP contribution in [0.4, 0.5) is 17.3 Å². The predicted octanol–water partition coefficient (Wildman–Crippen LogP) is 5.15. The highest BCUT2D eigenvalue weighted by molar-refractivity contribution is 7.95. The van der Waals surface area contributed by atoms with Crippen molar-refractivity contribution >= 4 is 29.8 Å². The van der Waals surface area contributed by atoms with E-state index in [9.17, 15) is 22.4 Å². The Bertz CT molecular complexity index is 589. The zero-order valence-corrected chi connectivity index (χ0v) is 13.2. The maximum atomic E-state index is 9.75. The summed E-state index contributed by atoms with van der Waals surface area (Å²) in [6, 6.07) is 15.8. The first kappa shape index (κ1) is 18.7. The van der Waals surface area contributed by atoms with Crippen molar-refractivity contribution in [2.45, 2.75) is 10.6 Å². The van der Waals surface area contributed by atoms with Crippen molar-refractivity contribution in [3.8, 4) is 5.75 Å². The maximum absolute atomic E-state index is 9.75. The molecule has 2 aromatic carbocycles. The zero-order chi connectivity index (χ0) is 16.8. The molecule has 0 spiro atoms. The van der Waals surface area contributed by atoms with Crippen molar-refractivity contribution in [1.82, 2.24) is 0 Å². The minimum Gasteiger partial charge on any atom is -0.506 e. The summed E-state index contributed by atoms with van der Waals surface area (Å²) >= 11 is 5.92. The van der Waals surface area contributed by atoms with Gasteiger partial charge in [-0.25, -0.2) is 0 Å². The van der Waals surface area contributed by atoms with Gasteiger partial charge in [0.05, 0.1) is 5.02 Å². The van der Waals surface area contributed by atoms with E-state index in [-0.39, 0.29) is 16.6 Å². The van der Waals surface area contributed by atoms with E-state index in [0.717, 1.165) is 5.75 Å². The summed E-state index contributed by atoms with van der Waals surface area (Å²) in [5.41, 5.74) is 1.32. The second-order valence-electron chi connectivity index (χ2n) is 4.38. The van der Waals surface area contributed by atoms with Crippen LogP contribution in [0.25, 0.3) is 0 Å². The first-order chi connectivity index (χ1) is 10.2. The number of aromatic hydroxyl groups is 1. The molecule has 0 heterocycles. The van der Waals surface area contributed by atoms with Crippen molar-refractivity contribution in [2.24, 2.45) is 0 Å². The van der Waals surface area contributed by atoms with Crippen LogP contribution in [0.2, 0.25) is 5.02 Å². The van der Waals surface area contributed by atoms with Gasteiger partial charge in [0.25, 0.3) is 0 Å². The van der Waals surface area contributed by atoms with Crippen LogP contribution in [0, 0.1) is 0 Å². The minimum absolute atomic E-state index is 0.102.